The van der Waals surface area contributed by atoms with Crippen molar-refractivity contribution in [2.75, 3.05) is 25.1 Å². The number of thioether (sulfide) groups is 1. The van der Waals surface area contributed by atoms with Gasteiger partial charge in [-0.2, -0.15) is 11.8 Å². The number of aryl methyl sites for hydroxylation is 2. The highest BCUT2D eigenvalue weighted by Crippen LogP contribution is 2.26. The second-order valence-corrected chi connectivity index (χ2v) is 10.9. The molecule has 1 aromatic rings. The van der Waals surface area contributed by atoms with E-state index in [0.717, 1.165) is 29.5 Å². The summed E-state index contributed by atoms with van der Waals surface area (Å²) < 4.78 is 5.42. The number of benzene rings is 1. The molecule has 8 heteroatoms. The van der Waals surface area contributed by atoms with Gasteiger partial charge in [0.1, 0.15) is 17.7 Å². The maximum absolute atomic E-state index is 13.9. The van der Waals surface area contributed by atoms with Crippen LogP contribution in [-0.4, -0.2) is 59.5 Å². The van der Waals surface area contributed by atoms with Crippen LogP contribution in [0.1, 0.15) is 83.0 Å². The summed E-state index contributed by atoms with van der Waals surface area (Å²) in [6.07, 6.45) is 4.27. The molecule has 198 valence electrons. The van der Waals surface area contributed by atoms with Crippen molar-refractivity contribution in [1.29, 1.82) is 0 Å². The first-order valence-electron chi connectivity index (χ1n) is 12.6. The van der Waals surface area contributed by atoms with Gasteiger partial charge in [0.25, 0.3) is 0 Å². The number of ether oxygens (including phenoxy) is 1. The number of hydrogen-bond donors (Lipinski definition) is 2. The number of amides is 3. The summed E-state index contributed by atoms with van der Waals surface area (Å²) in [7, 11) is 0. The largest absolute Gasteiger partial charge is 0.444 e. The summed E-state index contributed by atoms with van der Waals surface area (Å²) in [5, 5.41) is 5.78. The van der Waals surface area contributed by atoms with Crippen LogP contribution in [0.25, 0.3) is 0 Å². The molecule has 1 rings (SSSR count). The molecule has 3 amide bonds. The molecular weight excluding hydrogens is 462 g/mol. The van der Waals surface area contributed by atoms with E-state index in [4.69, 9.17) is 4.74 Å². The Balaban J connectivity index is 3.39. The Morgan fingerprint density at radius 1 is 1.09 bits per heavy atom. The van der Waals surface area contributed by atoms with Crippen molar-refractivity contribution < 1.29 is 19.1 Å². The first-order valence-corrected chi connectivity index (χ1v) is 14.0. The van der Waals surface area contributed by atoms with Crippen molar-refractivity contribution in [2.24, 2.45) is 0 Å². The minimum Gasteiger partial charge on any atom is -0.444 e. The van der Waals surface area contributed by atoms with Crippen molar-refractivity contribution in [3.63, 3.8) is 0 Å². The van der Waals surface area contributed by atoms with E-state index < -0.39 is 23.8 Å². The van der Waals surface area contributed by atoms with E-state index in [1.807, 2.05) is 45.2 Å². The van der Waals surface area contributed by atoms with Gasteiger partial charge in [-0.1, -0.05) is 38.5 Å². The maximum Gasteiger partial charge on any atom is 0.408 e. The second-order valence-electron chi connectivity index (χ2n) is 9.90. The number of rotatable bonds is 13. The van der Waals surface area contributed by atoms with Crippen LogP contribution >= 0.6 is 11.8 Å². The van der Waals surface area contributed by atoms with Crippen LogP contribution in [0.4, 0.5) is 4.79 Å². The molecule has 0 aliphatic heterocycles. The highest BCUT2D eigenvalue weighted by molar-refractivity contribution is 7.98. The highest BCUT2D eigenvalue weighted by Gasteiger charge is 2.35. The molecule has 7 nitrogen and oxygen atoms in total. The second kappa shape index (κ2) is 15.0. The summed E-state index contributed by atoms with van der Waals surface area (Å²) in [4.78, 5) is 41.5. The summed E-state index contributed by atoms with van der Waals surface area (Å²) in [6, 6.07) is 4.31. The molecule has 0 heterocycles. The van der Waals surface area contributed by atoms with Gasteiger partial charge in [-0.05, 0) is 82.6 Å². The molecule has 0 saturated heterocycles. The molecule has 2 N–H and O–H groups in total. The molecule has 35 heavy (non-hydrogen) atoms. The minimum atomic E-state index is -0.790. The van der Waals surface area contributed by atoms with Gasteiger partial charge in [-0.25, -0.2) is 4.79 Å². The maximum atomic E-state index is 13.9. The quantitative estimate of drug-likeness (QED) is 0.361. The van der Waals surface area contributed by atoms with E-state index in [1.54, 1.807) is 37.4 Å². The van der Waals surface area contributed by atoms with Gasteiger partial charge in [0.15, 0.2) is 0 Å². The average molecular weight is 508 g/mol. The number of carbonyl (C=O) groups excluding carboxylic acids is 3. The molecule has 0 aromatic heterocycles. The van der Waals surface area contributed by atoms with Crippen molar-refractivity contribution >= 4 is 29.7 Å². The summed E-state index contributed by atoms with van der Waals surface area (Å²) >= 11 is 1.60. The Bertz CT molecular complexity index is 838. The van der Waals surface area contributed by atoms with Crippen LogP contribution in [0.5, 0.6) is 0 Å². The van der Waals surface area contributed by atoms with Crippen molar-refractivity contribution in [3.05, 3.63) is 34.9 Å². The fourth-order valence-electron chi connectivity index (χ4n) is 3.64. The zero-order chi connectivity index (χ0) is 26.6. The van der Waals surface area contributed by atoms with E-state index >= 15 is 0 Å². The zero-order valence-corrected chi connectivity index (χ0v) is 23.6. The molecule has 2 atom stereocenters. The predicted octanol–water partition coefficient (Wildman–Crippen LogP) is 5.15. The summed E-state index contributed by atoms with van der Waals surface area (Å²) in [5.74, 6) is 0.202. The molecule has 0 bridgehead atoms. The summed E-state index contributed by atoms with van der Waals surface area (Å²) in [6.45, 7) is 14.4. The molecule has 0 fully saturated rings. The Morgan fingerprint density at radius 3 is 2.31 bits per heavy atom. The number of carbonyl (C=O) groups is 3. The first-order chi connectivity index (χ1) is 16.4. The third-order valence-corrected chi connectivity index (χ3v) is 6.23. The molecular formula is C27H45N3O4S. The van der Waals surface area contributed by atoms with E-state index in [0.29, 0.717) is 31.7 Å². The number of nitrogens with zero attached hydrogens (tertiary/aromatic N) is 1. The first kappa shape index (κ1) is 30.8. The lowest BCUT2D eigenvalue weighted by atomic mass is 9.98. The van der Waals surface area contributed by atoms with Crippen LogP contribution in [0.15, 0.2) is 18.2 Å². The van der Waals surface area contributed by atoms with Crippen LogP contribution in [-0.2, 0) is 14.3 Å². The van der Waals surface area contributed by atoms with Gasteiger partial charge in [0.2, 0.25) is 11.8 Å². The van der Waals surface area contributed by atoms with Gasteiger partial charge in [0, 0.05) is 13.1 Å². The lowest BCUT2D eigenvalue weighted by Crippen LogP contribution is -2.53. The van der Waals surface area contributed by atoms with E-state index in [1.165, 1.54) is 0 Å². The molecule has 2 unspecified atom stereocenters. The smallest absolute Gasteiger partial charge is 0.408 e. The fraction of sp³-hybridized carbons (Fsp3) is 0.667. The third-order valence-electron chi connectivity index (χ3n) is 5.58. The van der Waals surface area contributed by atoms with Crippen molar-refractivity contribution in [1.82, 2.24) is 15.5 Å². The molecule has 0 aliphatic rings. The minimum absolute atomic E-state index is 0.204. The average Bonchev–Trinajstić information content (AvgIpc) is 2.77. The third kappa shape index (κ3) is 10.5. The van der Waals surface area contributed by atoms with Gasteiger partial charge < -0.3 is 20.3 Å². The lowest BCUT2D eigenvalue weighted by molar-refractivity contribution is -0.142. The molecule has 0 aliphatic carbocycles. The highest BCUT2D eigenvalue weighted by atomic mass is 32.2. The van der Waals surface area contributed by atoms with Crippen molar-refractivity contribution in [2.45, 2.75) is 91.8 Å². The Kier molecular flexibility index (Phi) is 13.2. The molecule has 0 radical (unpaired) electrons. The fourth-order valence-corrected chi connectivity index (χ4v) is 4.11. The van der Waals surface area contributed by atoms with Crippen LogP contribution in [0.2, 0.25) is 0 Å². The van der Waals surface area contributed by atoms with E-state index in [-0.39, 0.29) is 11.8 Å². The Hall–Kier alpha value is -2.22. The Morgan fingerprint density at radius 2 is 1.77 bits per heavy atom. The normalized spacial score (nSPS) is 13.0. The van der Waals surface area contributed by atoms with Crippen molar-refractivity contribution in [3.8, 4) is 0 Å². The SMILES string of the molecule is CCCCNC(=O)C(c1ccc(C)c(C)c1)N(CCC)C(=O)C(CCSC)NC(=O)OC(C)(C)C. The van der Waals surface area contributed by atoms with Gasteiger partial charge >= 0.3 is 6.09 Å². The number of alkyl carbamates (subject to hydrolysis) is 1. The topological polar surface area (TPSA) is 87.7 Å². The molecule has 1 aromatic carbocycles. The van der Waals surface area contributed by atoms with E-state index in [9.17, 15) is 14.4 Å². The van der Waals surface area contributed by atoms with Crippen LogP contribution in [0.3, 0.4) is 0 Å². The number of unbranched alkanes of at least 4 members (excludes halogenated alkanes) is 1. The van der Waals surface area contributed by atoms with Crippen LogP contribution < -0.4 is 10.6 Å². The number of hydrogen-bond acceptors (Lipinski definition) is 5. The molecule has 0 spiro atoms. The van der Waals surface area contributed by atoms with Gasteiger partial charge in [-0.3, -0.25) is 9.59 Å². The van der Waals surface area contributed by atoms with Crippen LogP contribution in [0, 0.1) is 13.8 Å². The summed E-state index contributed by atoms with van der Waals surface area (Å²) in [5.41, 5.74) is 2.27. The number of nitrogens with one attached hydrogen (secondary N) is 2. The monoisotopic (exact) mass is 507 g/mol. The molecule has 0 saturated carbocycles. The standard InChI is InChI=1S/C27H45N3O4S/c1-9-11-15-28-24(31)23(21-13-12-19(3)20(4)18-21)30(16-10-2)25(32)22(14-17-35-8)29-26(33)34-27(5,6)7/h12-13,18,22-23H,9-11,14-17H2,1-8H3,(H,28,31)(H,29,33). The van der Waals surface area contributed by atoms with Gasteiger partial charge in [0.05, 0.1) is 0 Å². The zero-order valence-electron chi connectivity index (χ0n) is 22.8. The van der Waals surface area contributed by atoms with E-state index in [2.05, 4.69) is 17.6 Å². The lowest BCUT2D eigenvalue weighted by Gasteiger charge is -2.34. The van der Waals surface area contributed by atoms with Gasteiger partial charge in [-0.15, -0.1) is 0 Å². The predicted molar refractivity (Wildman–Crippen MR) is 145 cm³/mol. The Labute approximate surface area is 216 Å².